The van der Waals surface area contributed by atoms with E-state index in [0.29, 0.717) is 0 Å². The van der Waals surface area contributed by atoms with Gasteiger partial charge in [-0.3, -0.25) is 9.13 Å². The van der Waals surface area contributed by atoms with Gasteiger partial charge >= 0.3 is 15.2 Å². The fraction of sp³-hybridized carbons (Fsp3) is 0.545. The highest BCUT2D eigenvalue weighted by Gasteiger charge is 2.49. The molecule has 0 bridgehead atoms. The Morgan fingerprint density at radius 3 is 1.57 bits per heavy atom. The molecular weight excluding hydrogens is 422 g/mol. The molecule has 0 N–H and O–H groups in total. The first kappa shape index (κ1) is 27.0. The van der Waals surface area contributed by atoms with Crippen LogP contribution >= 0.6 is 15.2 Å². The lowest BCUT2D eigenvalue weighted by atomic mass is 10.1. The minimum atomic E-state index is -3.73. The van der Waals surface area contributed by atoms with Gasteiger partial charge in [0, 0.05) is 0 Å². The van der Waals surface area contributed by atoms with Gasteiger partial charge in [-0.1, -0.05) is 48.1 Å². The number of rotatable bonds is 14. The van der Waals surface area contributed by atoms with Crippen LogP contribution in [0.5, 0.6) is 0 Å². The predicted molar refractivity (Wildman–Crippen MR) is 125 cm³/mol. The Morgan fingerprint density at radius 2 is 1.20 bits per heavy atom. The van der Waals surface area contributed by atoms with E-state index in [2.05, 4.69) is 19.9 Å². The van der Waals surface area contributed by atoms with E-state index >= 15 is 0 Å². The molecule has 0 aliphatic heterocycles. The lowest BCUT2D eigenvalue weighted by Gasteiger charge is -2.30. The zero-order chi connectivity index (χ0) is 22.6. The van der Waals surface area contributed by atoms with Crippen molar-refractivity contribution in [3.8, 4) is 0 Å². The molecule has 0 atom stereocenters. The zero-order valence-electron chi connectivity index (χ0n) is 19.0. The van der Waals surface area contributed by atoms with Crippen LogP contribution in [0, 0.1) is 0 Å². The number of hydrogen-bond donors (Lipinski definition) is 0. The molecular formula is C22H36O6P2. The molecule has 1 aromatic rings. The van der Waals surface area contributed by atoms with Crippen molar-refractivity contribution in [1.82, 2.24) is 0 Å². The van der Waals surface area contributed by atoms with Crippen LogP contribution in [0.15, 0.2) is 35.9 Å². The van der Waals surface area contributed by atoms with Gasteiger partial charge in [0.05, 0.1) is 26.4 Å². The van der Waals surface area contributed by atoms with Crippen molar-refractivity contribution < 1.29 is 27.2 Å². The van der Waals surface area contributed by atoms with E-state index in [0.717, 1.165) is 11.1 Å². The van der Waals surface area contributed by atoms with Gasteiger partial charge in [0.15, 0.2) is 5.40 Å². The molecule has 0 radical (unpaired) electrons. The second kappa shape index (κ2) is 13.4. The van der Waals surface area contributed by atoms with Gasteiger partial charge in [-0.05, 0) is 59.1 Å². The normalized spacial score (nSPS) is 12.6. The molecule has 6 nitrogen and oxygen atoms in total. The summed E-state index contributed by atoms with van der Waals surface area (Å²) in [5.41, 5.74) is 3.33. The third-order valence-corrected chi connectivity index (χ3v) is 10.1. The van der Waals surface area contributed by atoms with E-state index in [1.807, 2.05) is 36.4 Å². The molecule has 30 heavy (non-hydrogen) atoms. The Kier molecular flexibility index (Phi) is 12.1. The molecule has 0 aromatic heterocycles. The second-order valence-electron chi connectivity index (χ2n) is 6.76. The van der Waals surface area contributed by atoms with Crippen LogP contribution in [0.25, 0.3) is 12.2 Å². The van der Waals surface area contributed by atoms with Gasteiger partial charge in [0.25, 0.3) is 0 Å². The molecule has 0 fully saturated rings. The number of allylic oxidation sites excluding steroid dienone is 2. The maximum Gasteiger partial charge on any atom is 0.346 e. The quantitative estimate of drug-likeness (QED) is 0.271. The topological polar surface area (TPSA) is 71.1 Å². The maximum atomic E-state index is 13.5. The van der Waals surface area contributed by atoms with E-state index in [1.54, 1.807) is 27.7 Å². The van der Waals surface area contributed by atoms with Gasteiger partial charge < -0.3 is 18.1 Å². The first-order chi connectivity index (χ1) is 14.2. The molecule has 0 saturated heterocycles. The van der Waals surface area contributed by atoms with Gasteiger partial charge in [-0.2, -0.15) is 0 Å². The van der Waals surface area contributed by atoms with Crippen molar-refractivity contribution in [2.45, 2.75) is 53.4 Å². The van der Waals surface area contributed by atoms with E-state index in [-0.39, 0.29) is 32.8 Å². The third kappa shape index (κ3) is 8.26. The average molecular weight is 458 g/mol. The van der Waals surface area contributed by atoms with Gasteiger partial charge in [-0.25, -0.2) is 0 Å². The minimum absolute atomic E-state index is 0.168. The third-order valence-electron chi connectivity index (χ3n) is 4.02. The molecule has 1 rings (SSSR count). The SMILES string of the molecule is CCOP(=O)(OCC)C(C/C=C/c1ccc(C=C(C)C)cc1)P(=O)(OCC)OCC. The lowest BCUT2D eigenvalue weighted by molar-refractivity contribution is 0.195. The Morgan fingerprint density at radius 1 is 0.800 bits per heavy atom. The molecule has 0 heterocycles. The Labute approximate surface area is 181 Å². The standard InChI is InChI=1S/C22H36O6P2/c1-7-25-29(23,26-8-2)22(30(24,27-9-3)28-10-4)13-11-12-20-14-16-21(17-15-20)18-19(5)6/h11-12,14-18,22H,7-10,13H2,1-6H3/b12-11+. The summed E-state index contributed by atoms with van der Waals surface area (Å²) in [7, 11) is -7.46. The molecule has 0 amide bonds. The van der Waals surface area contributed by atoms with Gasteiger partial charge in [-0.15, -0.1) is 0 Å². The second-order valence-corrected chi connectivity index (χ2v) is 11.6. The maximum absolute atomic E-state index is 13.5. The van der Waals surface area contributed by atoms with Crippen molar-refractivity contribution in [2.75, 3.05) is 26.4 Å². The van der Waals surface area contributed by atoms with Crippen molar-refractivity contribution in [3.63, 3.8) is 0 Å². The summed E-state index contributed by atoms with van der Waals surface area (Å²) in [6.45, 7) is 11.7. The average Bonchev–Trinajstić information content (AvgIpc) is 2.66. The Bertz CT molecular complexity index is 731. The van der Waals surface area contributed by atoms with E-state index in [1.165, 1.54) is 5.57 Å². The fourth-order valence-electron chi connectivity index (χ4n) is 2.93. The summed E-state index contributed by atoms with van der Waals surface area (Å²) in [6, 6.07) is 8.05. The van der Waals surface area contributed by atoms with E-state index in [9.17, 15) is 9.13 Å². The van der Waals surface area contributed by atoms with Gasteiger partial charge in [0.1, 0.15) is 0 Å². The summed E-state index contributed by atoms with van der Waals surface area (Å²) in [4.78, 5) is 0. The number of benzene rings is 1. The number of hydrogen-bond acceptors (Lipinski definition) is 6. The lowest BCUT2D eigenvalue weighted by Crippen LogP contribution is -2.17. The minimum Gasteiger partial charge on any atom is -0.308 e. The predicted octanol–water partition coefficient (Wildman–Crippen LogP) is 7.37. The first-order valence-electron chi connectivity index (χ1n) is 10.4. The van der Waals surface area contributed by atoms with Crippen LogP contribution in [0.3, 0.4) is 0 Å². The fourth-order valence-corrected chi connectivity index (χ4v) is 8.15. The molecule has 0 saturated carbocycles. The molecule has 170 valence electrons. The monoisotopic (exact) mass is 458 g/mol. The summed E-state index contributed by atoms with van der Waals surface area (Å²) in [5, 5.41) is -1.04. The molecule has 0 unspecified atom stereocenters. The summed E-state index contributed by atoms with van der Waals surface area (Å²) in [6.07, 6.45) is 5.98. The van der Waals surface area contributed by atoms with Crippen LogP contribution in [0.1, 0.15) is 59.1 Å². The molecule has 8 heteroatoms. The highest BCUT2D eigenvalue weighted by Crippen LogP contribution is 2.71. The summed E-state index contributed by atoms with van der Waals surface area (Å²) >= 11 is 0. The van der Waals surface area contributed by atoms with E-state index < -0.39 is 20.6 Å². The van der Waals surface area contributed by atoms with Crippen molar-refractivity contribution in [1.29, 1.82) is 0 Å². The highest BCUT2D eigenvalue weighted by molar-refractivity contribution is 7.72. The van der Waals surface area contributed by atoms with Crippen LogP contribution in [0.4, 0.5) is 0 Å². The molecule has 1 aromatic carbocycles. The Hall–Kier alpha value is -1.00. The molecule has 0 spiro atoms. The molecule has 0 aliphatic carbocycles. The molecule has 0 aliphatic rings. The van der Waals surface area contributed by atoms with Crippen LogP contribution in [-0.4, -0.2) is 31.8 Å². The Balaban J connectivity index is 3.19. The summed E-state index contributed by atoms with van der Waals surface area (Å²) < 4.78 is 48.9. The van der Waals surface area contributed by atoms with Crippen LogP contribution < -0.4 is 0 Å². The van der Waals surface area contributed by atoms with Crippen molar-refractivity contribution >= 4 is 27.3 Å². The smallest absolute Gasteiger partial charge is 0.308 e. The largest absolute Gasteiger partial charge is 0.346 e. The van der Waals surface area contributed by atoms with Gasteiger partial charge in [0.2, 0.25) is 0 Å². The highest BCUT2D eigenvalue weighted by atomic mass is 31.2. The van der Waals surface area contributed by atoms with Crippen molar-refractivity contribution in [2.24, 2.45) is 0 Å². The van der Waals surface area contributed by atoms with Crippen LogP contribution in [0.2, 0.25) is 0 Å². The van der Waals surface area contributed by atoms with E-state index in [4.69, 9.17) is 18.1 Å². The van der Waals surface area contributed by atoms with Crippen LogP contribution in [-0.2, 0) is 27.2 Å². The van der Waals surface area contributed by atoms with Crippen molar-refractivity contribution in [3.05, 3.63) is 47.0 Å². The first-order valence-corrected chi connectivity index (χ1v) is 13.7. The zero-order valence-corrected chi connectivity index (χ0v) is 20.8. The summed E-state index contributed by atoms with van der Waals surface area (Å²) in [5.74, 6) is 0.